The highest BCUT2D eigenvalue weighted by atomic mass is 28.1. The van der Waals surface area contributed by atoms with E-state index >= 15 is 0 Å². The summed E-state index contributed by atoms with van der Waals surface area (Å²) >= 11 is 0. The van der Waals surface area contributed by atoms with E-state index in [-0.39, 0.29) is 5.41 Å². The van der Waals surface area contributed by atoms with Gasteiger partial charge in [-0.25, -0.2) is 0 Å². The van der Waals surface area contributed by atoms with Gasteiger partial charge in [-0.15, -0.1) is 0 Å². The first-order chi connectivity index (χ1) is 7.66. The number of methoxy groups -OCH3 is 2. The standard InChI is InChI=1S/C12H27NO2Si/c1-4-11(12(16,14-2)15-3)13-10-8-6-5-7-9-10/h10-11,13H,4-9H2,1-3,16H3. The fourth-order valence-electron chi connectivity index (χ4n) is 2.56. The van der Waals surface area contributed by atoms with E-state index in [0.29, 0.717) is 12.1 Å². The lowest BCUT2D eigenvalue weighted by molar-refractivity contribution is -0.164. The predicted molar refractivity (Wildman–Crippen MR) is 70.8 cm³/mol. The Bertz CT molecular complexity index is 191. The Morgan fingerprint density at radius 3 is 2.25 bits per heavy atom. The second kappa shape index (κ2) is 6.74. The second-order valence-corrected chi connectivity index (χ2v) is 6.28. The molecule has 0 bridgehead atoms. The molecule has 0 aromatic heterocycles. The van der Waals surface area contributed by atoms with Gasteiger partial charge >= 0.3 is 0 Å². The van der Waals surface area contributed by atoms with E-state index in [2.05, 4.69) is 12.2 Å². The lowest BCUT2D eigenvalue weighted by atomic mass is 9.94. The number of nitrogens with one attached hydrogen (secondary N) is 1. The molecule has 0 aliphatic heterocycles. The van der Waals surface area contributed by atoms with E-state index in [1.807, 2.05) is 0 Å². The topological polar surface area (TPSA) is 30.5 Å². The van der Waals surface area contributed by atoms with Crippen molar-refractivity contribution in [2.24, 2.45) is 0 Å². The molecule has 1 rings (SSSR count). The van der Waals surface area contributed by atoms with Crippen LogP contribution < -0.4 is 5.32 Å². The van der Waals surface area contributed by atoms with Crippen molar-refractivity contribution in [1.82, 2.24) is 5.32 Å². The van der Waals surface area contributed by atoms with Crippen LogP contribution >= 0.6 is 0 Å². The quantitative estimate of drug-likeness (QED) is 0.559. The molecule has 1 unspecified atom stereocenters. The fraction of sp³-hybridized carbons (Fsp3) is 1.00. The molecule has 1 fully saturated rings. The first-order valence-corrected chi connectivity index (χ1v) is 7.52. The van der Waals surface area contributed by atoms with Crippen LogP contribution in [-0.2, 0) is 9.47 Å². The number of hydrogen-bond donors (Lipinski definition) is 1. The van der Waals surface area contributed by atoms with Gasteiger partial charge in [-0.05, 0) is 19.3 Å². The Kier molecular flexibility index (Phi) is 5.96. The predicted octanol–water partition coefficient (Wildman–Crippen LogP) is 0.999. The highest BCUT2D eigenvalue weighted by Crippen LogP contribution is 2.21. The molecule has 0 radical (unpaired) electrons. The summed E-state index contributed by atoms with van der Waals surface area (Å²) in [6.45, 7) is 2.20. The van der Waals surface area contributed by atoms with Gasteiger partial charge < -0.3 is 14.8 Å². The summed E-state index contributed by atoms with van der Waals surface area (Å²) < 4.78 is 11.1. The van der Waals surface area contributed by atoms with Crippen molar-refractivity contribution in [3.05, 3.63) is 0 Å². The van der Waals surface area contributed by atoms with Crippen molar-refractivity contribution >= 4 is 10.2 Å². The third-order valence-corrected chi connectivity index (χ3v) is 5.41. The van der Waals surface area contributed by atoms with Crippen LogP contribution in [0.15, 0.2) is 0 Å². The monoisotopic (exact) mass is 245 g/mol. The molecule has 4 heteroatoms. The molecule has 1 aliphatic carbocycles. The van der Waals surface area contributed by atoms with Gasteiger partial charge in [-0.3, -0.25) is 0 Å². The molecule has 0 aromatic rings. The molecule has 1 atom stereocenters. The summed E-state index contributed by atoms with van der Waals surface area (Å²) in [4.78, 5) is 0. The van der Waals surface area contributed by atoms with E-state index in [1.54, 1.807) is 14.2 Å². The highest BCUT2D eigenvalue weighted by molar-refractivity contribution is 6.14. The Balaban J connectivity index is 2.52. The average Bonchev–Trinajstić information content (AvgIpc) is 2.36. The average molecular weight is 245 g/mol. The molecule has 0 heterocycles. The van der Waals surface area contributed by atoms with Crippen molar-refractivity contribution in [3.8, 4) is 0 Å². The minimum atomic E-state index is -0.369. The normalized spacial score (nSPS) is 21.2. The van der Waals surface area contributed by atoms with Crippen molar-refractivity contribution in [1.29, 1.82) is 0 Å². The van der Waals surface area contributed by atoms with Crippen LogP contribution in [-0.4, -0.2) is 42.0 Å². The van der Waals surface area contributed by atoms with E-state index in [4.69, 9.17) is 9.47 Å². The van der Waals surface area contributed by atoms with Crippen LogP contribution in [0.3, 0.4) is 0 Å². The fourth-order valence-corrected chi connectivity index (χ4v) is 3.14. The third kappa shape index (κ3) is 3.55. The van der Waals surface area contributed by atoms with Crippen molar-refractivity contribution in [3.63, 3.8) is 0 Å². The number of rotatable bonds is 6. The lowest BCUT2D eigenvalue weighted by Gasteiger charge is -2.38. The van der Waals surface area contributed by atoms with Crippen LogP contribution in [0.2, 0.25) is 0 Å². The van der Waals surface area contributed by atoms with Crippen molar-refractivity contribution < 1.29 is 9.47 Å². The smallest absolute Gasteiger partial charge is 0.155 e. The van der Waals surface area contributed by atoms with Gasteiger partial charge in [-0.1, -0.05) is 26.2 Å². The summed E-state index contributed by atoms with van der Waals surface area (Å²) in [7, 11) is 4.39. The van der Waals surface area contributed by atoms with E-state index in [9.17, 15) is 0 Å². The van der Waals surface area contributed by atoms with Gasteiger partial charge in [0.25, 0.3) is 0 Å². The van der Waals surface area contributed by atoms with Crippen LogP contribution in [0.25, 0.3) is 0 Å². The van der Waals surface area contributed by atoms with Gasteiger partial charge in [0, 0.05) is 20.3 Å². The largest absolute Gasteiger partial charge is 0.356 e. The summed E-state index contributed by atoms with van der Waals surface area (Å²) in [5.74, 6) is 0. The summed E-state index contributed by atoms with van der Waals surface area (Å²) in [6.07, 6.45) is 7.80. The SMILES string of the molecule is CCC(NC1CCCCC1)C([SiH3])(OC)OC. The molecular formula is C12H27NO2Si. The van der Waals surface area contributed by atoms with E-state index in [1.165, 1.54) is 32.1 Å². The van der Waals surface area contributed by atoms with Gasteiger partial charge in [-0.2, -0.15) is 0 Å². The molecule has 3 nitrogen and oxygen atoms in total. The van der Waals surface area contributed by atoms with E-state index in [0.717, 1.165) is 16.7 Å². The van der Waals surface area contributed by atoms with E-state index < -0.39 is 0 Å². The summed E-state index contributed by atoms with van der Waals surface area (Å²) in [5.41, 5.74) is -0.369. The zero-order valence-electron chi connectivity index (χ0n) is 11.2. The maximum Gasteiger partial charge on any atom is 0.155 e. The van der Waals surface area contributed by atoms with Gasteiger partial charge in [0.15, 0.2) is 5.41 Å². The Morgan fingerprint density at radius 1 is 1.25 bits per heavy atom. The number of ether oxygens (including phenoxy) is 2. The zero-order chi connectivity index (χ0) is 12.0. The minimum Gasteiger partial charge on any atom is -0.356 e. The summed E-state index contributed by atoms with van der Waals surface area (Å²) in [5, 5.41) is 3.73. The van der Waals surface area contributed by atoms with Gasteiger partial charge in [0.05, 0.1) is 16.3 Å². The van der Waals surface area contributed by atoms with Crippen LogP contribution in [0.1, 0.15) is 45.4 Å². The minimum absolute atomic E-state index is 0.331. The molecule has 1 N–H and O–H groups in total. The van der Waals surface area contributed by atoms with Gasteiger partial charge in [0.1, 0.15) is 0 Å². The van der Waals surface area contributed by atoms with Crippen molar-refractivity contribution in [2.75, 3.05) is 14.2 Å². The lowest BCUT2D eigenvalue weighted by Crippen LogP contribution is -2.56. The first kappa shape index (κ1) is 14.2. The molecule has 16 heavy (non-hydrogen) atoms. The molecular weight excluding hydrogens is 218 g/mol. The van der Waals surface area contributed by atoms with Gasteiger partial charge in [0.2, 0.25) is 0 Å². The maximum atomic E-state index is 5.56. The van der Waals surface area contributed by atoms with Crippen LogP contribution in [0.4, 0.5) is 0 Å². The number of hydrogen-bond acceptors (Lipinski definition) is 3. The molecule has 1 aliphatic rings. The van der Waals surface area contributed by atoms with Crippen LogP contribution in [0, 0.1) is 0 Å². The zero-order valence-corrected chi connectivity index (χ0v) is 13.2. The Labute approximate surface area is 103 Å². The Morgan fingerprint density at radius 2 is 1.81 bits per heavy atom. The molecule has 0 aromatic carbocycles. The molecule has 0 saturated heterocycles. The Hall–Kier alpha value is 0.0969. The van der Waals surface area contributed by atoms with Crippen molar-refractivity contribution in [2.45, 2.75) is 62.9 Å². The second-order valence-electron chi connectivity index (χ2n) is 4.89. The molecule has 0 spiro atoms. The third-order valence-electron chi connectivity index (χ3n) is 3.89. The molecule has 1 saturated carbocycles. The highest BCUT2D eigenvalue weighted by Gasteiger charge is 2.34. The molecule has 0 amide bonds. The summed E-state index contributed by atoms with van der Waals surface area (Å²) in [6, 6.07) is 0.995. The van der Waals surface area contributed by atoms with Crippen LogP contribution in [0.5, 0.6) is 0 Å². The maximum absolute atomic E-state index is 5.56. The first-order valence-electron chi connectivity index (χ1n) is 6.52. The molecule has 96 valence electrons.